The molecule has 0 atom stereocenters. The maximum atomic E-state index is 12.1. The number of methoxy groups -OCH3 is 1. The van der Waals surface area contributed by atoms with E-state index in [9.17, 15) is 4.79 Å². The minimum Gasteiger partial charge on any atom is -0.385 e. The number of ether oxygens (including phenoxy) is 1. The SMILES string of the molecule is COCCCNC(=O)c1ccc(CNc2ncnc3sc(C)cc23)cc1. The summed E-state index contributed by atoms with van der Waals surface area (Å²) in [6, 6.07) is 9.68. The number of nitrogens with zero attached hydrogens (tertiary/aromatic N) is 2. The molecule has 1 aromatic carbocycles. The van der Waals surface area contributed by atoms with Gasteiger partial charge in [0.2, 0.25) is 0 Å². The number of fused-ring (bicyclic) bond motifs is 1. The number of benzene rings is 1. The predicted molar refractivity (Wildman–Crippen MR) is 105 cm³/mol. The lowest BCUT2D eigenvalue weighted by atomic mass is 10.1. The molecule has 0 spiro atoms. The monoisotopic (exact) mass is 370 g/mol. The van der Waals surface area contributed by atoms with Crippen molar-refractivity contribution in [2.24, 2.45) is 0 Å². The van der Waals surface area contributed by atoms with E-state index in [1.54, 1.807) is 24.8 Å². The molecule has 2 aromatic heterocycles. The zero-order valence-electron chi connectivity index (χ0n) is 14.9. The number of aryl methyl sites for hydroxylation is 1. The lowest BCUT2D eigenvalue weighted by molar-refractivity contribution is 0.0948. The maximum absolute atomic E-state index is 12.1. The molecule has 1 amide bonds. The smallest absolute Gasteiger partial charge is 0.251 e. The van der Waals surface area contributed by atoms with Gasteiger partial charge in [0.05, 0.1) is 5.39 Å². The normalized spacial score (nSPS) is 10.8. The average molecular weight is 370 g/mol. The van der Waals surface area contributed by atoms with Crippen molar-refractivity contribution in [1.82, 2.24) is 15.3 Å². The zero-order chi connectivity index (χ0) is 18.4. The van der Waals surface area contributed by atoms with Crippen LogP contribution in [0.5, 0.6) is 0 Å². The van der Waals surface area contributed by atoms with Crippen molar-refractivity contribution in [3.8, 4) is 0 Å². The highest BCUT2D eigenvalue weighted by Gasteiger charge is 2.08. The third kappa shape index (κ3) is 4.56. The summed E-state index contributed by atoms with van der Waals surface area (Å²) in [4.78, 5) is 22.9. The Bertz CT molecular complexity index is 877. The van der Waals surface area contributed by atoms with E-state index in [2.05, 4.69) is 33.6 Å². The molecule has 3 aromatic rings. The van der Waals surface area contributed by atoms with Crippen molar-refractivity contribution in [3.63, 3.8) is 0 Å². The summed E-state index contributed by atoms with van der Waals surface area (Å²) < 4.78 is 4.97. The number of carbonyl (C=O) groups is 1. The van der Waals surface area contributed by atoms with Crippen LogP contribution in [-0.2, 0) is 11.3 Å². The molecule has 0 fully saturated rings. The van der Waals surface area contributed by atoms with E-state index in [0.717, 1.165) is 28.0 Å². The van der Waals surface area contributed by atoms with Gasteiger partial charge in [-0.15, -0.1) is 11.3 Å². The third-order valence-electron chi connectivity index (χ3n) is 3.94. The van der Waals surface area contributed by atoms with Gasteiger partial charge in [0.25, 0.3) is 5.91 Å². The highest BCUT2D eigenvalue weighted by atomic mass is 32.1. The van der Waals surface area contributed by atoms with Gasteiger partial charge >= 0.3 is 0 Å². The first-order chi connectivity index (χ1) is 12.7. The first-order valence-corrected chi connectivity index (χ1v) is 9.30. The summed E-state index contributed by atoms with van der Waals surface area (Å²) in [7, 11) is 1.65. The number of thiophene rings is 1. The van der Waals surface area contributed by atoms with E-state index in [4.69, 9.17) is 4.74 Å². The van der Waals surface area contributed by atoms with Crippen molar-refractivity contribution in [3.05, 3.63) is 52.7 Å². The maximum Gasteiger partial charge on any atom is 0.251 e. The van der Waals surface area contributed by atoms with Gasteiger partial charge in [-0.25, -0.2) is 9.97 Å². The Morgan fingerprint density at radius 2 is 2.04 bits per heavy atom. The average Bonchev–Trinajstić information content (AvgIpc) is 3.04. The summed E-state index contributed by atoms with van der Waals surface area (Å²) in [6.45, 7) is 3.95. The number of anilines is 1. The minimum absolute atomic E-state index is 0.0631. The van der Waals surface area contributed by atoms with Crippen LogP contribution < -0.4 is 10.6 Å². The van der Waals surface area contributed by atoms with Crippen molar-refractivity contribution in [2.45, 2.75) is 19.9 Å². The Labute approximate surface area is 156 Å². The van der Waals surface area contributed by atoms with E-state index in [-0.39, 0.29) is 5.91 Å². The summed E-state index contributed by atoms with van der Waals surface area (Å²) >= 11 is 1.66. The zero-order valence-corrected chi connectivity index (χ0v) is 15.7. The topological polar surface area (TPSA) is 76.1 Å². The molecule has 0 unspecified atom stereocenters. The highest BCUT2D eigenvalue weighted by Crippen LogP contribution is 2.27. The van der Waals surface area contributed by atoms with Crippen LogP contribution >= 0.6 is 11.3 Å². The summed E-state index contributed by atoms with van der Waals surface area (Å²) in [5, 5.41) is 7.28. The molecule has 0 bridgehead atoms. The fourth-order valence-electron chi connectivity index (χ4n) is 2.60. The molecular formula is C19H22N4O2S. The van der Waals surface area contributed by atoms with Crippen molar-refractivity contribution in [2.75, 3.05) is 25.6 Å². The van der Waals surface area contributed by atoms with Gasteiger partial charge in [0.1, 0.15) is 17.0 Å². The number of amides is 1. The number of carbonyl (C=O) groups excluding carboxylic acids is 1. The van der Waals surface area contributed by atoms with Gasteiger partial charge in [-0.05, 0) is 37.1 Å². The second-order valence-electron chi connectivity index (χ2n) is 5.95. The number of rotatable bonds is 8. The summed E-state index contributed by atoms with van der Waals surface area (Å²) in [5.41, 5.74) is 1.74. The second kappa shape index (κ2) is 8.73. The van der Waals surface area contributed by atoms with Crippen LogP contribution in [0.2, 0.25) is 0 Å². The Morgan fingerprint density at radius 3 is 2.81 bits per heavy atom. The molecule has 0 radical (unpaired) electrons. The molecule has 0 saturated carbocycles. The van der Waals surface area contributed by atoms with Crippen molar-refractivity contribution in [1.29, 1.82) is 0 Å². The molecule has 2 heterocycles. The van der Waals surface area contributed by atoms with E-state index in [1.807, 2.05) is 24.3 Å². The largest absolute Gasteiger partial charge is 0.385 e. The van der Waals surface area contributed by atoms with Gasteiger partial charge in [-0.2, -0.15) is 0 Å². The van der Waals surface area contributed by atoms with Gasteiger partial charge in [-0.3, -0.25) is 4.79 Å². The molecule has 0 saturated heterocycles. The van der Waals surface area contributed by atoms with E-state index in [1.165, 1.54) is 4.88 Å². The van der Waals surface area contributed by atoms with Gasteiger partial charge in [0.15, 0.2) is 0 Å². The molecule has 6 nitrogen and oxygen atoms in total. The molecule has 0 aliphatic carbocycles. The van der Waals surface area contributed by atoms with Gasteiger partial charge in [0, 0.05) is 37.2 Å². The van der Waals surface area contributed by atoms with Crippen LogP contribution in [0.15, 0.2) is 36.7 Å². The van der Waals surface area contributed by atoms with Crippen molar-refractivity contribution < 1.29 is 9.53 Å². The van der Waals surface area contributed by atoms with Crippen LogP contribution in [0, 0.1) is 6.92 Å². The lowest BCUT2D eigenvalue weighted by Crippen LogP contribution is -2.25. The van der Waals surface area contributed by atoms with E-state index < -0.39 is 0 Å². The lowest BCUT2D eigenvalue weighted by Gasteiger charge is -2.08. The van der Waals surface area contributed by atoms with E-state index in [0.29, 0.717) is 25.3 Å². The molecule has 2 N–H and O–H groups in total. The van der Waals surface area contributed by atoms with Crippen LogP contribution in [0.4, 0.5) is 5.82 Å². The van der Waals surface area contributed by atoms with Crippen LogP contribution in [0.1, 0.15) is 27.2 Å². The van der Waals surface area contributed by atoms with Crippen LogP contribution in [0.25, 0.3) is 10.2 Å². The van der Waals surface area contributed by atoms with Gasteiger partial charge in [-0.1, -0.05) is 12.1 Å². The van der Waals surface area contributed by atoms with E-state index >= 15 is 0 Å². The molecule has 136 valence electrons. The first kappa shape index (κ1) is 18.3. The van der Waals surface area contributed by atoms with Gasteiger partial charge < -0.3 is 15.4 Å². The molecule has 26 heavy (non-hydrogen) atoms. The number of hydrogen-bond acceptors (Lipinski definition) is 6. The second-order valence-corrected chi connectivity index (χ2v) is 7.19. The molecule has 7 heteroatoms. The Hall–Kier alpha value is -2.51. The highest BCUT2D eigenvalue weighted by molar-refractivity contribution is 7.18. The number of aromatic nitrogens is 2. The molecule has 0 aliphatic rings. The van der Waals surface area contributed by atoms with Crippen molar-refractivity contribution >= 4 is 33.3 Å². The number of hydrogen-bond donors (Lipinski definition) is 2. The fraction of sp³-hybridized carbons (Fsp3) is 0.316. The summed E-state index contributed by atoms with van der Waals surface area (Å²) in [5.74, 6) is 0.770. The number of nitrogens with one attached hydrogen (secondary N) is 2. The Morgan fingerprint density at radius 1 is 1.23 bits per heavy atom. The fourth-order valence-corrected chi connectivity index (χ4v) is 3.44. The summed E-state index contributed by atoms with van der Waals surface area (Å²) in [6.07, 6.45) is 2.39. The Balaban J connectivity index is 1.58. The standard InChI is InChI=1S/C19H22N4O2S/c1-13-10-16-17(22-12-23-19(16)26-13)21-11-14-4-6-15(7-5-14)18(24)20-8-3-9-25-2/h4-7,10,12H,3,8-9,11H2,1-2H3,(H,20,24)(H,21,22,23). The first-order valence-electron chi connectivity index (χ1n) is 8.48. The molecule has 0 aliphatic heterocycles. The third-order valence-corrected chi connectivity index (χ3v) is 4.90. The molecular weight excluding hydrogens is 348 g/mol. The van der Waals surface area contributed by atoms with Crippen LogP contribution in [0.3, 0.4) is 0 Å². The molecule has 3 rings (SSSR count). The Kier molecular flexibility index (Phi) is 6.14. The quantitative estimate of drug-likeness (QED) is 0.595. The minimum atomic E-state index is -0.0631. The van der Waals surface area contributed by atoms with Crippen LogP contribution in [-0.4, -0.2) is 36.1 Å². The predicted octanol–water partition coefficient (Wildman–Crippen LogP) is 3.38.